The number of anilines is 2. The number of aryl methyl sites for hydroxylation is 1. The normalized spacial score (nSPS) is 15.3. The van der Waals surface area contributed by atoms with Crippen molar-refractivity contribution in [2.75, 3.05) is 37.0 Å². The Morgan fingerprint density at radius 3 is 2.67 bits per heavy atom. The highest BCUT2D eigenvalue weighted by Crippen LogP contribution is 2.38. The molecule has 1 atom stereocenters. The molecule has 1 amide bonds. The molecule has 2 aromatic heterocycles. The third-order valence-corrected chi connectivity index (χ3v) is 7.03. The fourth-order valence-corrected chi connectivity index (χ4v) is 5.15. The third-order valence-electron chi connectivity index (χ3n) is 7.03. The van der Waals surface area contributed by atoms with Crippen LogP contribution in [-0.2, 0) is 11.3 Å². The lowest BCUT2D eigenvalue weighted by atomic mass is 10.1. The molecule has 0 saturated carbocycles. The van der Waals surface area contributed by atoms with Crippen molar-refractivity contribution in [3.63, 3.8) is 0 Å². The van der Waals surface area contributed by atoms with E-state index in [-0.39, 0.29) is 11.6 Å². The lowest BCUT2D eigenvalue weighted by Gasteiger charge is -2.28. The molecule has 1 saturated heterocycles. The topological polar surface area (TPSA) is 120 Å². The number of carbonyl (C=O) groups is 1. The number of nitrogens with one attached hydrogen (secondary N) is 1. The van der Waals surface area contributed by atoms with Crippen molar-refractivity contribution in [1.82, 2.24) is 19.3 Å². The predicted octanol–water partition coefficient (Wildman–Crippen LogP) is 3.00. The zero-order valence-electron chi connectivity index (χ0n) is 21.7. The largest absolute Gasteiger partial charge is 0.383 e. The van der Waals surface area contributed by atoms with Crippen LogP contribution < -0.4 is 21.5 Å². The molecule has 3 heterocycles. The van der Waals surface area contributed by atoms with Gasteiger partial charge in [0.05, 0.1) is 23.5 Å². The first kappa shape index (κ1) is 26.4. The van der Waals surface area contributed by atoms with Crippen molar-refractivity contribution >= 4 is 28.3 Å². The molecule has 0 bridgehead atoms. The highest BCUT2D eigenvalue weighted by Gasteiger charge is 2.30. The number of carbonyl (C=O) groups excluding carboxylic acids is 1. The first-order valence-corrected chi connectivity index (χ1v) is 12.6. The van der Waals surface area contributed by atoms with Gasteiger partial charge in [0.25, 0.3) is 11.5 Å². The third kappa shape index (κ3) is 4.77. The second-order valence-corrected chi connectivity index (χ2v) is 9.34. The smallest absolute Gasteiger partial charge is 0.284 e. The number of para-hydroxylation sites is 1. The van der Waals surface area contributed by atoms with Gasteiger partial charge in [-0.3, -0.25) is 9.59 Å². The Morgan fingerprint density at radius 1 is 1.18 bits per heavy atom. The molecule has 204 valence electrons. The molecule has 10 nitrogen and oxygen atoms in total. The number of hydrogen-bond acceptors (Lipinski definition) is 7. The predicted molar refractivity (Wildman–Crippen MR) is 143 cm³/mol. The molecule has 1 fully saturated rings. The van der Waals surface area contributed by atoms with Gasteiger partial charge in [0.2, 0.25) is 0 Å². The Kier molecular flexibility index (Phi) is 7.40. The molecule has 1 aliphatic rings. The van der Waals surface area contributed by atoms with Gasteiger partial charge < -0.3 is 25.3 Å². The van der Waals surface area contributed by atoms with E-state index in [4.69, 9.17) is 15.5 Å². The molecule has 12 heteroatoms. The molecule has 0 aliphatic carbocycles. The maximum absolute atomic E-state index is 14.4. The Hall–Kier alpha value is -4.16. The van der Waals surface area contributed by atoms with Crippen LogP contribution >= 0.6 is 0 Å². The molecular formula is C27H29F2N7O3. The van der Waals surface area contributed by atoms with Gasteiger partial charge in [-0.1, -0.05) is 6.07 Å². The number of halogens is 2. The van der Waals surface area contributed by atoms with Gasteiger partial charge in [-0.25, -0.2) is 13.8 Å². The summed E-state index contributed by atoms with van der Waals surface area (Å²) < 4.78 is 36.6. The monoisotopic (exact) mass is 537 g/mol. The number of ether oxygens (including phenoxy) is 1. The number of methoxy groups -OCH3 is 1. The van der Waals surface area contributed by atoms with E-state index in [1.54, 1.807) is 13.2 Å². The minimum Gasteiger partial charge on any atom is -0.383 e. The quantitative estimate of drug-likeness (QED) is 0.355. The van der Waals surface area contributed by atoms with Crippen molar-refractivity contribution in [3.8, 4) is 5.69 Å². The van der Waals surface area contributed by atoms with Crippen LogP contribution in [0, 0.1) is 18.6 Å². The summed E-state index contributed by atoms with van der Waals surface area (Å²) in [7, 11) is 1.64. The van der Waals surface area contributed by atoms with Crippen molar-refractivity contribution in [2.45, 2.75) is 32.4 Å². The number of nitrogens with zero attached hydrogens (tertiary/aromatic N) is 5. The van der Waals surface area contributed by atoms with E-state index in [0.717, 1.165) is 49.1 Å². The molecule has 5 rings (SSSR count). The summed E-state index contributed by atoms with van der Waals surface area (Å²) in [6.07, 6.45) is 2.98. The van der Waals surface area contributed by atoms with Gasteiger partial charge in [-0.15, -0.1) is 0 Å². The molecule has 2 aromatic carbocycles. The number of nitrogens with two attached hydrogens (primary N) is 1. The highest BCUT2D eigenvalue weighted by atomic mass is 19.1. The Labute approximate surface area is 223 Å². The first-order valence-electron chi connectivity index (χ1n) is 12.6. The second-order valence-electron chi connectivity index (χ2n) is 9.34. The van der Waals surface area contributed by atoms with Crippen molar-refractivity contribution in [3.05, 3.63) is 76.0 Å². The van der Waals surface area contributed by atoms with E-state index in [0.29, 0.717) is 41.3 Å². The number of imidazole rings is 1. The molecule has 4 aromatic rings. The Bertz CT molecular complexity index is 1580. The summed E-state index contributed by atoms with van der Waals surface area (Å²) >= 11 is 0. The zero-order valence-corrected chi connectivity index (χ0v) is 21.7. The summed E-state index contributed by atoms with van der Waals surface area (Å²) in [4.78, 5) is 33.6. The second kappa shape index (κ2) is 10.9. The maximum atomic E-state index is 14.4. The minimum absolute atomic E-state index is 0.0536. The number of hydrogen-bond donors (Lipinski definition) is 2. The van der Waals surface area contributed by atoms with E-state index in [9.17, 15) is 18.4 Å². The summed E-state index contributed by atoms with van der Waals surface area (Å²) in [6, 6.07) is 8.10. The van der Waals surface area contributed by atoms with E-state index in [2.05, 4.69) is 15.3 Å². The van der Waals surface area contributed by atoms with Crippen LogP contribution in [0.1, 0.15) is 29.0 Å². The maximum Gasteiger partial charge on any atom is 0.284 e. The van der Waals surface area contributed by atoms with Crippen molar-refractivity contribution in [2.24, 2.45) is 5.73 Å². The zero-order chi connectivity index (χ0) is 27.7. The van der Waals surface area contributed by atoms with Crippen LogP contribution in [0.3, 0.4) is 0 Å². The number of fused-ring (bicyclic) bond motifs is 1. The summed E-state index contributed by atoms with van der Waals surface area (Å²) in [5.74, 6) is -1.90. The van der Waals surface area contributed by atoms with Crippen LogP contribution in [-0.4, -0.2) is 58.1 Å². The standard InChI is InChI=1S/C27H29F2N7O3/c1-16-32-23-22(34(16)13-14-39-2)9-8-21(25(23)35-12-4-5-17(35)15-30)33-26(37)18-10-11-31-36(27(18)38)24-19(28)6-3-7-20(24)29/h3,6-11,17H,4-5,12-15,30H2,1-2H3,(H,33,37)/t17-/m0/s1. The molecule has 3 N–H and O–H groups in total. The van der Waals surface area contributed by atoms with Gasteiger partial charge in [-0.05, 0) is 50.1 Å². The number of amides is 1. The molecule has 0 radical (unpaired) electrons. The summed E-state index contributed by atoms with van der Waals surface area (Å²) in [5, 5.41) is 6.64. The van der Waals surface area contributed by atoms with Gasteiger partial charge in [0.1, 0.15) is 22.6 Å². The van der Waals surface area contributed by atoms with Crippen LogP contribution in [0.2, 0.25) is 0 Å². The summed E-state index contributed by atoms with van der Waals surface area (Å²) in [6.45, 7) is 4.17. The van der Waals surface area contributed by atoms with E-state index in [1.807, 2.05) is 17.6 Å². The van der Waals surface area contributed by atoms with Gasteiger partial charge >= 0.3 is 0 Å². The average molecular weight is 538 g/mol. The molecule has 0 spiro atoms. The Balaban J connectivity index is 1.59. The van der Waals surface area contributed by atoms with Crippen molar-refractivity contribution in [1.29, 1.82) is 0 Å². The van der Waals surface area contributed by atoms with E-state index >= 15 is 0 Å². The lowest BCUT2D eigenvalue weighted by molar-refractivity contribution is 0.102. The van der Waals surface area contributed by atoms with Crippen molar-refractivity contribution < 1.29 is 18.3 Å². The summed E-state index contributed by atoms with van der Waals surface area (Å²) in [5.41, 5.74) is 6.88. The van der Waals surface area contributed by atoms with E-state index < -0.39 is 28.8 Å². The number of benzene rings is 2. The minimum atomic E-state index is -0.976. The average Bonchev–Trinajstić information content (AvgIpc) is 3.51. The number of rotatable bonds is 8. The highest BCUT2D eigenvalue weighted by molar-refractivity contribution is 6.09. The van der Waals surface area contributed by atoms with Crippen LogP contribution in [0.5, 0.6) is 0 Å². The fraction of sp³-hybridized carbons (Fsp3) is 0.333. The molecular weight excluding hydrogens is 508 g/mol. The van der Waals surface area contributed by atoms with Crippen LogP contribution in [0.15, 0.2) is 47.4 Å². The van der Waals surface area contributed by atoms with Gasteiger partial charge in [-0.2, -0.15) is 9.78 Å². The first-order chi connectivity index (χ1) is 18.8. The molecule has 0 unspecified atom stereocenters. The molecule has 39 heavy (non-hydrogen) atoms. The van der Waals surface area contributed by atoms with Gasteiger partial charge in [0, 0.05) is 39.0 Å². The van der Waals surface area contributed by atoms with Crippen LogP contribution in [0.4, 0.5) is 20.2 Å². The Morgan fingerprint density at radius 2 is 1.95 bits per heavy atom. The SMILES string of the molecule is COCCn1c(C)nc2c(N3CCC[C@H]3CN)c(NC(=O)c3ccnn(-c4c(F)cccc4F)c3=O)ccc21. The van der Waals surface area contributed by atoms with Crippen LogP contribution in [0.25, 0.3) is 16.7 Å². The van der Waals surface area contributed by atoms with E-state index in [1.165, 1.54) is 12.1 Å². The lowest BCUT2D eigenvalue weighted by Crippen LogP contribution is -2.36. The number of aromatic nitrogens is 4. The van der Waals surface area contributed by atoms with Gasteiger partial charge in [0.15, 0.2) is 11.6 Å². The fourth-order valence-electron chi connectivity index (χ4n) is 5.15. The molecule has 1 aliphatic heterocycles.